The normalized spacial score (nSPS) is 11.0. The van der Waals surface area contributed by atoms with E-state index in [2.05, 4.69) is 33.9 Å². The minimum absolute atomic E-state index is 0.414. The highest BCUT2D eigenvalue weighted by molar-refractivity contribution is 5.74. The molecule has 3 aromatic carbocycles. The number of aromatic nitrogens is 4. The number of nitrogens with zero attached hydrogens (tertiary/aromatic N) is 4. The molecular formula is C31H30N4O3. The maximum atomic E-state index is 5.99. The average Bonchev–Trinajstić information content (AvgIpc) is 3.64. The van der Waals surface area contributed by atoms with Gasteiger partial charge in [-0.25, -0.2) is 0 Å². The number of aryl methyl sites for hydroxylation is 1. The second-order valence-corrected chi connectivity index (χ2v) is 9.13. The summed E-state index contributed by atoms with van der Waals surface area (Å²) in [6, 6.07) is 21.4. The minimum Gasteiger partial charge on any atom is -0.494 e. The van der Waals surface area contributed by atoms with Crippen molar-refractivity contribution in [2.45, 2.75) is 39.5 Å². The van der Waals surface area contributed by atoms with Crippen LogP contribution in [0.4, 0.5) is 0 Å². The third-order valence-electron chi connectivity index (χ3n) is 6.27. The van der Waals surface area contributed by atoms with Gasteiger partial charge in [0.05, 0.1) is 6.61 Å². The van der Waals surface area contributed by atoms with Crippen molar-refractivity contribution in [3.63, 3.8) is 0 Å². The van der Waals surface area contributed by atoms with E-state index in [-0.39, 0.29) is 0 Å². The molecule has 7 heteroatoms. The van der Waals surface area contributed by atoms with Crippen LogP contribution in [-0.2, 0) is 0 Å². The molecule has 0 spiro atoms. The molecule has 0 saturated carbocycles. The zero-order valence-corrected chi connectivity index (χ0v) is 21.7. The van der Waals surface area contributed by atoms with Crippen molar-refractivity contribution >= 4 is 6.08 Å². The van der Waals surface area contributed by atoms with Gasteiger partial charge in [0, 0.05) is 22.3 Å². The summed E-state index contributed by atoms with van der Waals surface area (Å²) in [4.78, 5) is 0. The standard InChI is InChI=1S/C31H30N4O3/c1-4-6-7-8-19-36-26-16-13-24(14-17-26)28-32-34-30(37-28)25-15-18-27(22(5-2)20-25)31-35-33-29(38-31)23-11-9-21(3)10-12-23/h5,9-18,20H,2,4,6-8,19H2,1,3H3. The van der Waals surface area contributed by atoms with Crippen molar-refractivity contribution in [3.8, 4) is 51.6 Å². The number of benzene rings is 3. The Morgan fingerprint density at radius 1 is 0.711 bits per heavy atom. The molecule has 5 aromatic rings. The molecule has 5 rings (SSSR count). The molecule has 0 unspecified atom stereocenters. The van der Waals surface area contributed by atoms with Gasteiger partial charge in [0.15, 0.2) is 0 Å². The van der Waals surface area contributed by atoms with Gasteiger partial charge in [-0.2, -0.15) is 0 Å². The summed E-state index contributed by atoms with van der Waals surface area (Å²) in [7, 11) is 0. The summed E-state index contributed by atoms with van der Waals surface area (Å²) in [5.74, 6) is 2.58. The molecule has 7 nitrogen and oxygen atoms in total. The lowest BCUT2D eigenvalue weighted by Gasteiger charge is -2.06. The predicted octanol–water partition coefficient (Wildman–Crippen LogP) is 8.03. The van der Waals surface area contributed by atoms with E-state index in [4.69, 9.17) is 13.6 Å². The second kappa shape index (κ2) is 11.7. The molecule has 0 aliphatic carbocycles. The van der Waals surface area contributed by atoms with Crippen LogP contribution >= 0.6 is 0 Å². The monoisotopic (exact) mass is 506 g/mol. The Morgan fingerprint density at radius 2 is 1.29 bits per heavy atom. The summed E-state index contributed by atoms with van der Waals surface area (Å²) >= 11 is 0. The lowest BCUT2D eigenvalue weighted by atomic mass is 10.0. The predicted molar refractivity (Wildman–Crippen MR) is 148 cm³/mol. The molecule has 0 amide bonds. The van der Waals surface area contributed by atoms with Crippen molar-refractivity contribution in [1.82, 2.24) is 20.4 Å². The topological polar surface area (TPSA) is 87.1 Å². The third kappa shape index (κ3) is 5.72. The fourth-order valence-corrected chi connectivity index (χ4v) is 4.07. The van der Waals surface area contributed by atoms with Crippen molar-refractivity contribution in [2.75, 3.05) is 6.61 Å². The lowest BCUT2D eigenvalue weighted by molar-refractivity contribution is 0.305. The first-order chi connectivity index (χ1) is 18.6. The summed E-state index contributed by atoms with van der Waals surface area (Å²) < 4.78 is 17.8. The van der Waals surface area contributed by atoms with Crippen LogP contribution in [0.3, 0.4) is 0 Å². The minimum atomic E-state index is 0.414. The number of rotatable bonds is 11. The van der Waals surface area contributed by atoms with E-state index >= 15 is 0 Å². The lowest BCUT2D eigenvalue weighted by Crippen LogP contribution is -1.96. The van der Waals surface area contributed by atoms with Gasteiger partial charge in [0.2, 0.25) is 23.6 Å². The Morgan fingerprint density at radius 3 is 1.95 bits per heavy atom. The number of unbranched alkanes of at least 4 members (excludes halogenated alkanes) is 3. The number of ether oxygens (including phenoxy) is 1. The molecule has 2 aromatic heterocycles. The molecule has 0 saturated heterocycles. The number of hydrogen-bond acceptors (Lipinski definition) is 7. The zero-order chi connectivity index (χ0) is 26.3. The summed E-state index contributed by atoms with van der Waals surface area (Å²) in [5.41, 5.74) is 5.24. The van der Waals surface area contributed by atoms with E-state index < -0.39 is 0 Å². The van der Waals surface area contributed by atoms with Gasteiger partial charge in [-0.05, 0) is 73.5 Å². The summed E-state index contributed by atoms with van der Waals surface area (Å²) in [5, 5.41) is 17.0. The highest BCUT2D eigenvalue weighted by Gasteiger charge is 2.16. The Balaban J connectivity index is 1.30. The van der Waals surface area contributed by atoms with E-state index in [1.807, 2.05) is 73.7 Å². The van der Waals surface area contributed by atoms with Gasteiger partial charge < -0.3 is 13.6 Å². The molecule has 0 aliphatic rings. The maximum Gasteiger partial charge on any atom is 0.248 e. The summed E-state index contributed by atoms with van der Waals surface area (Å²) in [6.07, 6.45) is 6.46. The van der Waals surface area contributed by atoms with Crippen LogP contribution < -0.4 is 4.74 Å². The molecule has 0 fully saturated rings. The first-order valence-electron chi connectivity index (χ1n) is 12.9. The van der Waals surface area contributed by atoms with Gasteiger partial charge in [0.1, 0.15) is 5.75 Å². The molecule has 0 aliphatic heterocycles. The fraction of sp³-hybridized carbons (Fsp3) is 0.226. The van der Waals surface area contributed by atoms with E-state index in [1.54, 1.807) is 6.08 Å². The van der Waals surface area contributed by atoms with Gasteiger partial charge >= 0.3 is 0 Å². The van der Waals surface area contributed by atoms with Crippen LogP contribution in [0, 0.1) is 6.92 Å². The Hall–Kier alpha value is -4.52. The molecule has 0 atom stereocenters. The van der Waals surface area contributed by atoms with E-state index in [0.29, 0.717) is 23.6 Å². The third-order valence-corrected chi connectivity index (χ3v) is 6.27. The van der Waals surface area contributed by atoms with Gasteiger partial charge in [-0.3, -0.25) is 0 Å². The highest BCUT2D eigenvalue weighted by Crippen LogP contribution is 2.32. The van der Waals surface area contributed by atoms with Crippen molar-refractivity contribution in [1.29, 1.82) is 0 Å². The quantitative estimate of drug-likeness (QED) is 0.168. The maximum absolute atomic E-state index is 5.99. The second-order valence-electron chi connectivity index (χ2n) is 9.13. The zero-order valence-electron chi connectivity index (χ0n) is 21.7. The molecule has 0 radical (unpaired) electrons. The van der Waals surface area contributed by atoms with Crippen LogP contribution in [0.15, 0.2) is 82.1 Å². The van der Waals surface area contributed by atoms with Gasteiger partial charge in [-0.1, -0.05) is 56.5 Å². The fourth-order valence-electron chi connectivity index (χ4n) is 4.07. The Labute approximate surface area is 222 Å². The number of hydrogen-bond donors (Lipinski definition) is 0. The van der Waals surface area contributed by atoms with Gasteiger partial charge in [0.25, 0.3) is 0 Å². The van der Waals surface area contributed by atoms with Crippen LogP contribution in [0.25, 0.3) is 51.9 Å². The molecule has 38 heavy (non-hydrogen) atoms. The summed E-state index contributed by atoms with van der Waals surface area (Å²) in [6.45, 7) is 8.92. The van der Waals surface area contributed by atoms with Crippen molar-refractivity contribution in [2.24, 2.45) is 0 Å². The molecule has 0 N–H and O–H groups in total. The molecule has 0 bridgehead atoms. The highest BCUT2D eigenvalue weighted by atomic mass is 16.5. The molecular weight excluding hydrogens is 476 g/mol. The van der Waals surface area contributed by atoms with E-state index in [0.717, 1.165) is 46.6 Å². The van der Waals surface area contributed by atoms with Crippen LogP contribution in [0.1, 0.15) is 43.7 Å². The van der Waals surface area contributed by atoms with Crippen LogP contribution in [0.2, 0.25) is 0 Å². The van der Waals surface area contributed by atoms with Crippen LogP contribution in [-0.4, -0.2) is 27.0 Å². The smallest absolute Gasteiger partial charge is 0.248 e. The van der Waals surface area contributed by atoms with Gasteiger partial charge in [-0.15, -0.1) is 20.4 Å². The average molecular weight is 507 g/mol. The Kier molecular flexibility index (Phi) is 7.73. The molecule has 192 valence electrons. The van der Waals surface area contributed by atoms with Crippen molar-refractivity contribution < 1.29 is 13.6 Å². The van der Waals surface area contributed by atoms with Crippen LogP contribution in [0.5, 0.6) is 5.75 Å². The van der Waals surface area contributed by atoms with E-state index in [9.17, 15) is 0 Å². The van der Waals surface area contributed by atoms with E-state index in [1.165, 1.54) is 24.8 Å². The largest absolute Gasteiger partial charge is 0.494 e. The first-order valence-corrected chi connectivity index (χ1v) is 12.9. The SMILES string of the molecule is C=Cc1cc(-c2nnc(-c3ccc(OCCCCCC)cc3)o2)ccc1-c1nnc(-c2ccc(C)cc2)o1. The molecule has 2 heterocycles. The first kappa shape index (κ1) is 25.1. The van der Waals surface area contributed by atoms with Crippen molar-refractivity contribution in [3.05, 3.63) is 84.4 Å². The Bertz CT molecular complexity index is 1500.